The maximum absolute atomic E-state index is 11.6. The molecule has 2 heterocycles. The van der Waals surface area contributed by atoms with Gasteiger partial charge < -0.3 is 9.72 Å². The third-order valence-electron chi connectivity index (χ3n) is 3.55. The van der Waals surface area contributed by atoms with E-state index in [1.807, 2.05) is 6.07 Å². The number of hydrogen-bond donors (Lipinski definition) is 1. The summed E-state index contributed by atoms with van der Waals surface area (Å²) in [5.41, 5.74) is 3.08. The van der Waals surface area contributed by atoms with E-state index in [4.69, 9.17) is 4.74 Å². The van der Waals surface area contributed by atoms with Gasteiger partial charge in [0.25, 0.3) is 0 Å². The molecule has 5 heteroatoms. The van der Waals surface area contributed by atoms with Gasteiger partial charge in [0.05, 0.1) is 35.4 Å². The Balaban J connectivity index is 2.10. The van der Waals surface area contributed by atoms with Crippen molar-refractivity contribution >= 4 is 27.9 Å². The summed E-state index contributed by atoms with van der Waals surface area (Å²) in [7, 11) is 1.37. The van der Waals surface area contributed by atoms with Gasteiger partial charge in [-0.25, -0.2) is 9.78 Å². The first kappa shape index (κ1) is 13.5. The number of ether oxygens (including phenoxy) is 1. The molecular weight excluding hydrogens is 266 g/mol. The number of carbonyl (C=O) groups is 1. The van der Waals surface area contributed by atoms with E-state index in [2.05, 4.69) is 21.9 Å². The molecule has 2 aromatic heterocycles. The lowest BCUT2D eigenvalue weighted by Crippen LogP contribution is -2.00. The Kier molecular flexibility index (Phi) is 3.56. The van der Waals surface area contributed by atoms with Crippen LogP contribution in [0.5, 0.6) is 0 Å². The number of rotatable bonds is 4. The van der Waals surface area contributed by atoms with Crippen molar-refractivity contribution in [1.29, 1.82) is 0 Å². The third kappa shape index (κ3) is 2.46. The minimum absolute atomic E-state index is 0.357. The zero-order valence-electron chi connectivity index (χ0n) is 12.1. The molecule has 0 atom stereocenters. The number of aromatic nitrogens is 3. The fourth-order valence-corrected chi connectivity index (χ4v) is 2.42. The van der Waals surface area contributed by atoms with Gasteiger partial charge in [-0.3, -0.25) is 4.98 Å². The molecule has 0 aliphatic carbocycles. The van der Waals surface area contributed by atoms with Crippen molar-refractivity contribution in [2.75, 3.05) is 7.11 Å². The Morgan fingerprint density at radius 3 is 3.00 bits per heavy atom. The number of aryl methyl sites for hydroxylation is 1. The predicted molar refractivity (Wildman–Crippen MR) is 81.3 cm³/mol. The van der Waals surface area contributed by atoms with E-state index in [0.717, 1.165) is 47.0 Å². The Bertz CT molecular complexity index is 808. The predicted octanol–water partition coefficient (Wildman–Crippen LogP) is 3.24. The maximum Gasteiger partial charge on any atom is 0.337 e. The standard InChI is InChI=1S/C16H17N3O2/c1-3-4-5-14-18-13-9-17-12-8-10(16(20)21-2)6-7-11(12)15(13)19-14/h6-9H,3-5H2,1-2H3,(H,18,19). The summed E-state index contributed by atoms with van der Waals surface area (Å²) in [6, 6.07) is 5.36. The molecule has 0 unspecified atom stereocenters. The van der Waals surface area contributed by atoms with Gasteiger partial charge in [-0.05, 0) is 24.6 Å². The van der Waals surface area contributed by atoms with Gasteiger partial charge in [-0.1, -0.05) is 13.3 Å². The second-order valence-electron chi connectivity index (χ2n) is 5.03. The van der Waals surface area contributed by atoms with Crippen molar-refractivity contribution in [3.63, 3.8) is 0 Å². The zero-order valence-corrected chi connectivity index (χ0v) is 12.1. The second kappa shape index (κ2) is 5.52. The molecule has 0 radical (unpaired) electrons. The summed E-state index contributed by atoms with van der Waals surface area (Å²) in [5.74, 6) is 0.627. The molecule has 0 fully saturated rings. The number of unbranched alkanes of at least 4 members (excludes halogenated alkanes) is 1. The minimum Gasteiger partial charge on any atom is -0.465 e. The molecular formula is C16H17N3O2. The Morgan fingerprint density at radius 1 is 1.38 bits per heavy atom. The normalized spacial score (nSPS) is 11.1. The molecule has 0 bridgehead atoms. The van der Waals surface area contributed by atoms with Gasteiger partial charge in [0.2, 0.25) is 0 Å². The van der Waals surface area contributed by atoms with Crippen LogP contribution in [-0.4, -0.2) is 28.0 Å². The fourth-order valence-electron chi connectivity index (χ4n) is 2.42. The van der Waals surface area contributed by atoms with Crippen LogP contribution >= 0.6 is 0 Å². The quantitative estimate of drug-likeness (QED) is 0.746. The highest BCUT2D eigenvalue weighted by atomic mass is 16.5. The molecule has 0 aliphatic heterocycles. The Labute approximate surface area is 122 Å². The average molecular weight is 283 g/mol. The van der Waals surface area contributed by atoms with Gasteiger partial charge in [-0.2, -0.15) is 0 Å². The van der Waals surface area contributed by atoms with Crippen LogP contribution in [-0.2, 0) is 11.2 Å². The highest BCUT2D eigenvalue weighted by molar-refractivity contribution is 6.04. The first-order valence-electron chi connectivity index (χ1n) is 7.08. The Hall–Kier alpha value is -2.43. The zero-order chi connectivity index (χ0) is 14.8. The van der Waals surface area contributed by atoms with E-state index in [0.29, 0.717) is 5.56 Å². The molecule has 0 spiro atoms. The number of H-pyrrole nitrogens is 1. The maximum atomic E-state index is 11.6. The highest BCUT2D eigenvalue weighted by Crippen LogP contribution is 2.23. The van der Waals surface area contributed by atoms with E-state index >= 15 is 0 Å². The highest BCUT2D eigenvalue weighted by Gasteiger charge is 2.11. The topological polar surface area (TPSA) is 67.9 Å². The smallest absolute Gasteiger partial charge is 0.337 e. The van der Waals surface area contributed by atoms with Crippen molar-refractivity contribution in [3.8, 4) is 0 Å². The van der Waals surface area contributed by atoms with Crippen molar-refractivity contribution < 1.29 is 9.53 Å². The molecule has 1 aromatic carbocycles. The molecule has 3 rings (SSSR count). The number of pyridine rings is 1. The van der Waals surface area contributed by atoms with Gasteiger partial charge in [0, 0.05) is 11.8 Å². The van der Waals surface area contributed by atoms with Crippen LogP contribution in [0.25, 0.3) is 21.9 Å². The Morgan fingerprint density at radius 2 is 2.24 bits per heavy atom. The number of methoxy groups -OCH3 is 1. The molecule has 5 nitrogen and oxygen atoms in total. The summed E-state index contributed by atoms with van der Waals surface area (Å²) >= 11 is 0. The van der Waals surface area contributed by atoms with Crippen molar-refractivity contribution in [3.05, 3.63) is 35.8 Å². The van der Waals surface area contributed by atoms with Crippen LogP contribution in [0.1, 0.15) is 35.9 Å². The molecule has 1 N–H and O–H groups in total. The lowest BCUT2D eigenvalue weighted by molar-refractivity contribution is 0.0601. The molecule has 108 valence electrons. The van der Waals surface area contributed by atoms with Crippen LogP contribution in [0.2, 0.25) is 0 Å². The van der Waals surface area contributed by atoms with Gasteiger partial charge >= 0.3 is 5.97 Å². The number of benzene rings is 1. The number of imidazole rings is 1. The van der Waals surface area contributed by atoms with Crippen LogP contribution in [0.3, 0.4) is 0 Å². The van der Waals surface area contributed by atoms with Gasteiger partial charge in [0.1, 0.15) is 5.82 Å². The summed E-state index contributed by atoms with van der Waals surface area (Å²) < 4.78 is 4.73. The largest absolute Gasteiger partial charge is 0.465 e. The second-order valence-corrected chi connectivity index (χ2v) is 5.03. The number of fused-ring (bicyclic) bond motifs is 3. The first-order chi connectivity index (χ1) is 10.2. The molecule has 21 heavy (non-hydrogen) atoms. The molecule has 3 aromatic rings. The minimum atomic E-state index is -0.357. The van der Waals surface area contributed by atoms with E-state index in [1.165, 1.54) is 7.11 Å². The number of nitrogens with zero attached hydrogens (tertiary/aromatic N) is 2. The van der Waals surface area contributed by atoms with Crippen LogP contribution in [0.4, 0.5) is 0 Å². The third-order valence-corrected chi connectivity index (χ3v) is 3.55. The first-order valence-corrected chi connectivity index (χ1v) is 7.08. The van der Waals surface area contributed by atoms with Gasteiger partial charge in [0.15, 0.2) is 0 Å². The lowest BCUT2D eigenvalue weighted by atomic mass is 10.1. The molecule has 0 saturated carbocycles. The number of aromatic amines is 1. The molecule has 0 amide bonds. The number of hydrogen-bond acceptors (Lipinski definition) is 4. The van der Waals surface area contributed by atoms with E-state index in [9.17, 15) is 4.79 Å². The monoisotopic (exact) mass is 283 g/mol. The van der Waals surface area contributed by atoms with Crippen molar-refractivity contribution in [2.45, 2.75) is 26.2 Å². The molecule has 0 aliphatic rings. The number of esters is 1. The van der Waals surface area contributed by atoms with Crippen LogP contribution in [0, 0.1) is 0 Å². The summed E-state index contributed by atoms with van der Waals surface area (Å²) in [5, 5.41) is 0.944. The van der Waals surface area contributed by atoms with Crippen molar-refractivity contribution in [1.82, 2.24) is 15.0 Å². The average Bonchev–Trinajstić information content (AvgIpc) is 2.94. The van der Waals surface area contributed by atoms with E-state index < -0.39 is 0 Å². The van der Waals surface area contributed by atoms with Crippen LogP contribution in [0.15, 0.2) is 24.4 Å². The summed E-state index contributed by atoms with van der Waals surface area (Å²) in [6.45, 7) is 2.16. The number of nitrogens with one attached hydrogen (secondary N) is 1. The van der Waals surface area contributed by atoms with Crippen molar-refractivity contribution in [2.24, 2.45) is 0 Å². The molecule has 0 saturated heterocycles. The fraction of sp³-hybridized carbons (Fsp3) is 0.312. The van der Waals surface area contributed by atoms with Gasteiger partial charge in [-0.15, -0.1) is 0 Å². The summed E-state index contributed by atoms with van der Waals surface area (Å²) in [4.78, 5) is 23.9. The summed E-state index contributed by atoms with van der Waals surface area (Å²) in [6.07, 6.45) is 4.95. The van der Waals surface area contributed by atoms with E-state index in [1.54, 1.807) is 18.3 Å². The van der Waals surface area contributed by atoms with E-state index in [-0.39, 0.29) is 5.97 Å². The number of carbonyl (C=O) groups excluding carboxylic acids is 1. The van der Waals surface area contributed by atoms with Crippen LogP contribution < -0.4 is 0 Å². The SMILES string of the molecule is CCCCc1nc2c(cnc3cc(C(=O)OC)ccc32)[nH]1. The lowest BCUT2D eigenvalue weighted by Gasteiger charge is -2.01.